The van der Waals surface area contributed by atoms with Crippen LogP contribution in [-0.2, 0) is 0 Å². The van der Waals surface area contributed by atoms with Gasteiger partial charge in [-0.05, 0) is 25.5 Å². The van der Waals surface area contributed by atoms with Gasteiger partial charge in [0.1, 0.15) is 0 Å². The van der Waals surface area contributed by atoms with Crippen molar-refractivity contribution < 1.29 is 4.57 Å². The quantitative estimate of drug-likeness (QED) is 0.670. The van der Waals surface area contributed by atoms with Gasteiger partial charge in [-0.2, -0.15) is 4.57 Å². The third-order valence-corrected chi connectivity index (χ3v) is 2.40. The fourth-order valence-electron chi connectivity index (χ4n) is 1.76. The van der Waals surface area contributed by atoms with Gasteiger partial charge in [0.15, 0.2) is 18.6 Å². The lowest BCUT2D eigenvalue weighted by Crippen LogP contribution is -2.25. The molecule has 2 aromatic rings. The molecule has 0 atom stereocenters. The molecule has 0 amide bonds. The van der Waals surface area contributed by atoms with Gasteiger partial charge in [0.25, 0.3) is 0 Å². The molecule has 2 rings (SSSR count). The van der Waals surface area contributed by atoms with Crippen LogP contribution in [0.25, 0.3) is 12.3 Å². The van der Waals surface area contributed by atoms with Crippen molar-refractivity contribution in [3.05, 3.63) is 65.5 Å². The van der Waals surface area contributed by atoms with Crippen LogP contribution in [0.15, 0.2) is 48.8 Å². The summed E-state index contributed by atoms with van der Waals surface area (Å²) in [6.45, 7) is 4.22. The van der Waals surface area contributed by atoms with Gasteiger partial charge in [0.05, 0.1) is 0 Å². The molecule has 0 unspecified atom stereocenters. The number of nitrogens with zero attached hydrogens (tertiary/aromatic N) is 1. The Morgan fingerprint density at radius 2 is 1.56 bits per heavy atom. The third kappa shape index (κ3) is 2.80. The zero-order valence-corrected chi connectivity index (χ0v) is 9.72. The van der Waals surface area contributed by atoms with Gasteiger partial charge in [-0.25, -0.2) is 0 Å². The highest BCUT2D eigenvalue weighted by Crippen LogP contribution is 2.01. The summed E-state index contributed by atoms with van der Waals surface area (Å²) in [5.74, 6) is 0. The van der Waals surface area contributed by atoms with Crippen LogP contribution in [0, 0.1) is 13.8 Å². The van der Waals surface area contributed by atoms with E-state index in [0.717, 1.165) is 0 Å². The van der Waals surface area contributed by atoms with Crippen LogP contribution in [0.1, 0.15) is 16.7 Å². The van der Waals surface area contributed by atoms with Crippen LogP contribution in [-0.4, -0.2) is 0 Å². The standard InChI is InChI=1S/C15H16N/c1-13-10-14(2)12-16(11-13)9-8-15-6-4-3-5-7-15/h3-12H,1-2H3/q+1/b9-8-. The molecule has 0 spiro atoms. The predicted molar refractivity (Wildman–Crippen MR) is 67.8 cm³/mol. The topological polar surface area (TPSA) is 3.88 Å². The molecule has 1 heterocycles. The molecule has 0 bridgehead atoms. The van der Waals surface area contributed by atoms with Crippen LogP contribution >= 0.6 is 0 Å². The van der Waals surface area contributed by atoms with E-state index in [9.17, 15) is 0 Å². The average Bonchev–Trinajstić information content (AvgIpc) is 2.27. The summed E-state index contributed by atoms with van der Waals surface area (Å²) in [6.07, 6.45) is 8.42. The SMILES string of the molecule is Cc1cc(C)c[n+](/C=C\c2ccccc2)c1. The van der Waals surface area contributed by atoms with Gasteiger partial charge in [0.2, 0.25) is 0 Å². The molecule has 1 nitrogen and oxygen atoms in total. The molecule has 0 N–H and O–H groups in total. The van der Waals surface area contributed by atoms with Crippen LogP contribution < -0.4 is 4.57 Å². The number of aryl methyl sites for hydroxylation is 2. The largest absolute Gasteiger partial charge is 0.177 e. The molecule has 0 saturated carbocycles. The monoisotopic (exact) mass is 210 g/mol. The molecule has 1 aromatic heterocycles. The van der Waals surface area contributed by atoms with Crippen molar-refractivity contribution in [2.24, 2.45) is 0 Å². The van der Waals surface area contributed by atoms with Gasteiger partial charge in [-0.3, -0.25) is 0 Å². The van der Waals surface area contributed by atoms with Crippen LogP contribution in [0.3, 0.4) is 0 Å². The molecule has 0 radical (unpaired) electrons. The van der Waals surface area contributed by atoms with Gasteiger partial charge < -0.3 is 0 Å². The van der Waals surface area contributed by atoms with E-state index in [1.54, 1.807) is 0 Å². The summed E-state index contributed by atoms with van der Waals surface area (Å²) >= 11 is 0. The fraction of sp³-hybridized carbons (Fsp3) is 0.133. The summed E-state index contributed by atoms with van der Waals surface area (Å²) in [5.41, 5.74) is 3.77. The Balaban J connectivity index is 2.24. The molecule has 0 aliphatic heterocycles. The summed E-state index contributed by atoms with van der Waals surface area (Å²) in [7, 11) is 0. The zero-order valence-electron chi connectivity index (χ0n) is 9.72. The molecule has 0 aliphatic carbocycles. The second-order valence-electron chi connectivity index (χ2n) is 4.06. The first-order valence-electron chi connectivity index (χ1n) is 5.46. The van der Waals surface area contributed by atoms with Crippen LogP contribution in [0.4, 0.5) is 0 Å². The molecule has 0 fully saturated rings. The molecule has 80 valence electrons. The number of rotatable bonds is 2. The van der Waals surface area contributed by atoms with E-state index in [1.807, 2.05) is 18.2 Å². The van der Waals surface area contributed by atoms with Gasteiger partial charge in [-0.15, -0.1) is 0 Å². The van der Waals surface area contributed by atoms with Crippen molar-refractivity contribution in [2.75, 3.05) is 0 Å². The summed E-state index contributed by atoms with van der Waals surface area (Å²) in [6, 6.07) is 12.5. The molecular weight excluding hydrogens is 194 g/mol. The maximum Gasteiger partial charge on any atom is 0.177 e. The highest BCUT2D eigenvalue weighted by Gasteiger charge is 1.98. The minimum atomic E-state index is 1.22. The predicted octanol–water partition coefficient (Wildman–Crippen LogP) is 3.22. The van der Waals surface area contributed by atoms with Crippen molar-refractivity contribution in [2.45, 2.75) is 13.8 Å². The molecule has 1 heteroatoms. The van der Waals surface area contributed by atoms with Crippen molar-refractivity contribution in [1.82, 2.24) is 0 Å². The summed E-state index contributed by atoms with van der Waals surface area (Å²) in [4.78, 5) is 0. The van der Waals surface area contributed by atoms with E-state index < -0.39 is 0 Å². The van der Waals surface area contributed by atoms with Crippen LogP contribution in [0.5, 0.6) is 0 Å². The van der Waals surface area contributed by atoms with Crippen molar-refractivity contribution in [3.63, 3.8) is 0 Å². The first-order chi connectivity index (χ1) is 7.74. The Bertz CT molecular complexity index is 478. The number of hydrogen-bond donors (Lipinski definition) is 0. The van der Waals surface area contributed by atoms with Crippen molar-refractivity contribution in [3.8, 4) is 0 Å². The second-order valence-corrected chi connectivity index (χ2v) is 4.06. The second kappa shape index (κ2) is 4.75. The molecule has 0 aliphatic rings. The fourth-order valence-corrected chi connectivity index (χ4v) is 1.76. The first-order valence-corrected chi connectivity index (χ1v) is 5.46. The van der Waals surface area contributed by atoms with Gasteiger partial charge in [-0.1, -0.05) is 30.3 Å². The van der Waals surface area contributed by atoms with E-state index >= 15 is 0 Å². The lowest BCUT2D eigenvalue weighted by Gasteiger charge is -1.94. The Hall–Kier alpha value is -1.89. The Kier molecular flexibility index (Phi) is 3.16. The Morgan fingerprint density at radius 1 is 0.938 bits per heavy atom. The number of benzene rings is 1. The zero-order chi connectivity index (χ0) is 11.4. The van der Waals surface area contributed by atoms with Crippen molar-refractivity contribution >= 4 is 12.3 Å². The lowest BCUT2D eigenvalue weighted by molar-refractivity contribution is -0.568. The Labute approximate surface area is 96.7 Å². The van der Waals surface area contributed by atoms with E-state index in [2.05, 4.69) is 61.3 Å². The third-order valence-electron chi connectivity index (χ3n) is 2.40. The minimum Gasteiger partial charge on any atom is -0.173 e. The summed E-state index contributed by atoms with van der Waals surface area (Å²) < 4.78 is 2.09. The van der Waals surface area contributed by atoms with E-state index in [4.69, 9.17) is 0 Å². The van der Waals surface area contributed by atoms with E-state index in [-0.39, 0.29) is 0 Å². The first kappa shape index (κ1) is 10.6. The maximum absolute atomic E-state index is 2.17. The number of hydrogen-bond acceptors (Lipinski definition) is 0. The molecular formula is C15H16N+. The highest BCUT2D eigenvalue weighted by atomic mass is 14.9. The smallest absolute Gasteiger partial charge is 0.173 e. The molecule has 1 aromatic carbocycles. The number of aromatic nitrogens is 1. The Morgan fingerprint density at radius 3 is 2.19 bits per heavy atom. The van der Waals surface area contributed by atoms with Crippen molar-refractivity contribution in [1.29, 1.82) is 0 Å². The minimum absolute atomic E-state index is 1.22. The van der Waals surface area contributed by atoms with Gasteiger partial charge in [0, 0.05) is 17.2 Å². The van der Waals surface area contributed by atoms with E-state index in [1.165, 1.54) is 16.7 Å². The summed E-state index contributed by atoms with van der Waals surface area (Å²) in [5, 5.41) is 0. The highest BCUT2D eigenvalue weighted by molar-refractivity contribution is 5.56. The maximum atomic E-state index is 2.17. The van der Waals surface area contributed by atoms with E-state index in [0.29, 0.717) is 0 Å². The average molecular weight is 210 g/mol. The van der Waals surface area contributed by atoms with Gasteiger partial charge >= 0.3 is 0 Å². The number of pyridine rings is 1. The lowest BCUT2D eigenvalue weighted by atomic mass is 10.2. The normalized spacial score (nSPS) is 10.9. The van der Waals surface area contributed by atoms with Crippen LogP contribution in [0.2, 0.25) is 0 Å². The molecule has 16 heavy (non-hydrogen) atoms. The molecule has 0 saturated heterocycles.